The molecule has 0 saturated heterocycles. The highest BCUT2D eigenvalue weighted by Crippen LogP contribution is 2.13. The lowest BCUT2D eigenvalue weighted by molar-refractivity contribution is 0.323. The summed E-state index contributed by atoms with van der Waals surface area (Å²) in [5.74, 6) is 2.16. The number of aromatic nitrogens is 2. The first kappa shape index (κ1) is 13.7. The molecular formula is C12H22N4O. The quantitative estimate of drug-likeness (QED) is 0.815. The van der Waals surface area contributed by atoms with Gasteiger partial charge in [0.15, 0.2) is 0 Å². The SMILES string of the molecule is CCOc1cc(NCC(C)N(C)C)nc(C)n1. The maximum atomic E-state index is 5.38. The van der Waals surface area contributed by atoms with Crippen LogP contribution in [-0.2, 0) is 0 Å². The van der Waals surface area contributed by atoms with Crippen LogP contribution in [0, 0.1) is 6.92 Å². The third-order valence-electron chi connectivity index (χ3n) is 2.57. The van der Waals surface area contributed by atoms with Crippen LogP contribution in [0.15, 0.2) is 6.07 Å². The van der Waals surface area contributed by atoms with E-state index in [4.69, 9.17) is 4.74 Å². The van der Waals surface area contributed by atoms with Crippen molar-refractivity contribution in [3.63, 3.8) is 0 Å². The average Bonchev–Trinajstić information content (AvgIpc) is 2.25. The lowest BCUT2D eigenvalue weighted by Gasteiger charge is -2.20. The van der Waals surface area contributed by atoms with E-state index in [-0.39, 0.29) is 0 Å². The van der Waals surface area contributed by atoms with Gasteiger partial charge in [-0.3, -0.25) is 0 Å². The van der Waals surface area contributed by atoms with Gasteiger partial charge in [-0.15, -0.1) is 0 Å². The summed E-state index contributed by atoms with van der Waals surface area (Å²) in [6.07, 6.45) is 0. The molecule has 1 atom stereocenters. The second-order valence-corrected chi connectivity index (χ2v) is 4.27. The number of nitrogens with one attached hydrogen (secondary N) is 1. The van der Waals surface area contributed by atoms with Gasteiger partial charge in [0, 0.05) is 18.7 Å². The van der Waals surface area contributed by atoms with E-state index in [1.165, 1.54) is 0 Å². The molecule has 0 aromatic carbocycles. The standard InChI is InChI=1S/C12H22N4O/c1-6-17-12-7-11(14-10(3)15-12)13-8-9(2)16(4)5/h7,9H,6,8H2,1-5H3,(H,13,14,15). The molecule has 0 saturated carbocycles. The predicted molar refractivity (Wildman–Crippen MR) is 69.6 cm³/mol. The molecule has 0 spiro atoms. The van der Waals surface area contributed by atoms with Gasteiger partial charge in [-0.05, 0) is 34.9 Å². The molecule has 0 fully saturated rings. The van der Waals surface area contributed by atoms with Crippen LogP contribution in [0.5, 0.6) is 5.88 Å². The van der Waals surface area contributed by atoms with Crippen LogP contribution in [0.2, 0.25) is 0 Å². The second-order valence-electron chi connectivity index (χ2n) is 4.27. The van der Waals surface area contributed by atoms with E-state index in [1.54, 1.807) is 0 Å². The second kappa shape index (κ2) is 6.39. The molecule has 17 heavy (non-hydrogen) atoms. The minimum Gasteiger partial charge on any atom is -0.478 e. The van der Waals surface area contributed by atoms with E-state index in [0.29, 0.717) is 18.5 Å². The van der Waals surface area contributed by atoms with Gasteiger partial charge in [0.2, 0.25) is 5.88 Å². The molecule has 1 rings (SSSR count). The molecule has 0 aliphatic heterocycles. The van der Waals surface area contributed by atoms with Crippen molar-refractivity contribution in [1.82, 2.24) is 14.9 Å². The zero-order valence-electron chi connectivity index (χ0n) is 11.3. The first-order valence-corrected chi connectivity index (χ1v) is 5.91. The summed E-state index contributed by atoms with van der Waals surface area (Å²) in [5.41, 5.74) is 0. The van der Waals surface area contributed by atoms with Gasteiger partial charge in [-0.25, -0.2) is 4.98 Å². The molecular weight excluding hydrogens is 216 g/mol. The molecule has 1 aromatic heterocycles. The van der Waals surface area contributed by atoms with Gasteiger partial charge in [0.1, 0.15) is 11.6 Å². The molecule has 0 aliphatic rings. The Morgan fingerprint density at radius 2 is 2.12 bits per heavy atom. The molecule has 1 N–H and O–H groups in total. The molecule has 0 bridgehead atoms. The molecule has 0 amide bonds. The number of rotatable bonds is 6. The summed E-state index contributed by atoms with van der Waals surface area (Å²) in [4.78, 5) is 10.7. The fourth-order valence-corrected chi connectivity index (χ4v) is 1.29. The van der Waals surface area contributed by atoms with Crippen LogP contribution >= 0.6 is 0 Å². The monoisotopic (exact) mass is 238 g/mol. The fraction of sp³-hybridized carbons (Fsp3) is 0.667. The zero-order chi connectivity index (χ0) is 12.8. The largest absolute Gasteiger partial charge is 0.478 e. The van der Waals surface area contributed by atoms with E-state index in [0.717, 1.165) is 18.2 Å². The summed E-state index contributed by atoms with van der Waals surface area (Å²) < 4.78 is 5.38. The maximum absolute atomic E-state index is 5.38. The third-order valence-corrected chi connectivity index (χ3v) is 2.57. The normalized spacial score (nSPS) is 12.6. The molecule has 1 unspecified atom stereocenters. The number of ether oxygens (including phenoxy) is 1. The summed E-state index contributed by atoms with van der Waals surface area (Å²) in [7, 11) is 4.12. The first-order chi connectivity index (χ1) is 8.02. The van der Waals surface area contributed by atoms with Crippen molar-refractivity contribution < 1.29 is 4.74 Å². The van der Waals surface area contributed by atoms with Crippen molar-refractivity contribution in [2.45, 2.75) is 26.8 Å². The summed E-state index contributed by atoms with van der Waals surface area (Å²) in [5, 5.41) is 3.29. The van der Waals surface area contributed by atoms with Crippen molar-refractivity contribution in [3.8, 4) is 5.88 Å². The highest BCUT2D eigenvalue weighted by molar-refractivity contribution is 5.38. The first-order valence-electron chi connectivity index (χ1n) is 5.91. The van der Waals surface area contributed by atoms with Crippen molar-refractivity contribution in [2.75, 3.05) is 32.6 Å². The topological polar surface area (TPSA) is 50.3 Å². The highest BCUT2D eigenvalue weighted by Gasteiger charge is 2.06. The predicted octanol–water partition coefficient (Wildman–Crippen LogP) is 1.55. The molecule has 1 aromatic rings. The van der Waals surface area contributed by atoms with Crippen molar-refractivity contribution in [1.29, 1.82) is 0 Å². The Balaban J connectivity index is 2.64. The van der Waals surface area contributed by atoms with Crippen LogP contribution in [0.3, 0.4) is 0 Å². The number of hydrogen-bond donors (Lipinski definition) is 1. The Bertz CT molecular complexity index is 354. The highest BCUT2D eigenvalue weighted by atomic mass is 16.5. The van der Waals surface area contributed by atoms with Crippen LogP contribution < -0.4 is 10.1 Å². The van der Waals surface area contributed by atoms with Crippen LogP contribution in [-0.4, -0.2) is 48.2 Å². The minimum absolute atomic E-state index is 0.445. The molecule has 5 nitrogen and oxygen atoms in total. The van der Waals surface area contributed by atoms with Crippen molar-refractivity contribution >= 4 is 5.82 Å². The minimum atomic E-state index is 0.445. The third kappa shape index (κ3) is 4.56. The Morgan fingerprint density at radius 3 is 2.71 bits per heavy atom. The van der Waals surface area contributed by atoms with Crippen LogP contribution in [0.25, 0.3) is 0 Å². The Morgan fingerprint density at radius 1 is 1.41 bits per heavy atom. The Kier molecular flexibility index (Phi) is 5.15. The van der Waals surface area contributed by atoms with Gasteiger partial charge in [-0.1, -0.05) is 0 Å². The Hall–Kier alpha value is -1.36. The molecule has 0 aliphatic carbocycles. The van der Waals surface area contributed by atoms with E-state index >= 15 is 0 Å². The number of anilines is 1. The van der Waals surface area contributed by atoms with Crippen molar-refractivity contribution in [3.05, 3.63) is 11.9 Å². The van der Waals surface area contributed by atoms with E-state index in [2.05, 4.69) is 41.2 Å². The number of hydrogen-bond acceptors (Lipinski definition) is 5. The van der Waals surface area contributed by atoms with Crippen LogP contribution in [0.4, 0.5) is 5.82 Å². The maximum Gasteiger partial charge on any atom is 0.218 e. The lowest BCUT2D eigenvalue weighted by atomic mass is 10.3. The van der Waals surface area contributed by atoms with Gasteiger partial charge >= 0.3 is 0 Å². The molecule has 96 valence electrons. The van der Waals surface area contributed by atoms with Gasteiger partial charge in [0.25, 0.3) is 0 Å². The van der Waals surface area contributed by atoms with Crippen LogP contribution in [0.1, 0.15) is 19.7 Å². The smallest absolute Gasteiger partial charge is 0.218 e. The molecule has 0 radical (unpaired) electrons. The molecule has 5 heteroatoms. The number of aryl methyl sites for hydroxylation is 1. The van der Waals surface area contributed by atoms with Gasteiger partial charge in [-0.2, -0.15) is 4.98 Å². The van der Waals surface area contributed by atoms with E-state index in [1.807, 2.05) is 19.9 Å². The van der Waals surface area contributed by atoms with E-state index < -0.39 is 0 Å². The average molecular weight is 238 g/mol. The number of likely N-dealkylation sites (N-methyl/N-ethyl adjacent to an activating group) is 1. The lowest BCUT2D eigenvalue weighted by Crippen LogP contribution is -2.31. The van der Waals surface area contributed by atoms with Gasteiger partial charge < -0.3 is 15.0 Å². The Labute approximate surface area is 103 Å². The van der Waals surface area contributed by atoms with Gasteiger partial charge in [0.05, 0.1) is 6.61 Å². The fourth-order valence-electron chi connectivity index (χ4n) is 1.29. The molecule has 1 heterocycles. The summed E-state index contributed by atoms with van der Waals surface area (Å²) in [6, 6.07) is 2.28. The van der Waals surface area contributed by atoms with E-state index in [9.17, 15) is 0 Å². The zero-order valence-corrected chi connectivity index (χ0v) is 11.3. The van der Waals surface area contributed by atoms with Crippen molar-refractivity contribution in [2.24, 2.45) is 0 Å². The number of nitrogens with zero attached hydrogens (tertiary/aromatic N) is 3. The summed E-state index contributed by atoms with van der Waals surface area (Å²) >= 11 is 0. The summed E-state index contributed by atoms with van der Waals surface area (Å²) in [6.45, 7) is 7.42.